The highest BCUT2D eigenvalue weighted by Gasteiger charge is 2.20. The lowest BCUT2D eigenvalue weighted by molar-refractivity contribution is -0.418. The average molecular weight is 1510 g/mol. The van der Waals surface area contributed by atoms with Crippen LogP contribution in [0.2, 0.25) is 0 Å². The van der Waals surface area contributed by atoms with Gasteiger partial charge in [0.1, 0.15) is 242 Å². The van der Waals surface area contributed by atoms with Gasteiger partial charge >= 0.3 is 0 Å². The largest absolute Gasteiger partial charge is 0.382 e. The lowest BCUT2D eigenvalue weighted by Gasteiger charge is -2.18. The van der Waals surface area contributed by atoms with Crippen LogP contribution in [0.5, 0.6) is 0 Å². The maximum absolute atomic E-state index is 5.31. The van der Waals surface area contributed by atoms with Crippen molar-refractivity contribution < 1.29 is 195 Å². The van der Waals surface area contributed by atoms with Crippen molar-refractivity contribution in [2.75, 3.05) is 146 Å². The van der Waals surface area contributed by atoms with Crippen LogP contribution in [0.3, 0.4) is 0 Å². The lowest BCUT2D eigenvalue weighted by Crippen LogP contribution is -2.26. The number of hydrogen-bond donors (Lipinski definition) is 0. The van der Waals surface area contributed by atoms with E-state index in [0.29, 0.717) is 13.2 Å². The first-order chi connectivity index (χ1) is 48.8. The van der Waals surface area contributed by atoms with Crippen LogP contribution < -0.4 is 0 Å². The van der Waals surface area contributed by atoms with Crippen molar-refractivity contribution >= 4 is 0 Å². The Labute approximate surface area is 600 Å². The Hall–Kier alpha value is -1.60. The Morgan fingerprint density at radius 2 is 0.196 bits per heavy atom. The molecule has 0 fully saturated rings. The predicted molar refractivity (Wildman–Crippen MR) is 342 cm³/mol. The summed E-state index contributed by atoms with van der Waals surface area (Å²) in [6.07, 6.45) is -8.67. The third-order valence-electron chi connectivity index (χ3n) is 11.0. The number of rotatable bonds is 79. The van der Waals surface area contributed by atoms with Crippen LogP contribution in [0.15, 0.2) is 0 Å². The van der Waals surface area contributed by atoms with Gasteiger partial charge in [0.25, 0.3) is 0 Å². The molecule has 0 aliphatic rings. The molecule has 20 unspecified atom stereocenters. The van der Waals surface area contributed by atoms with E-state index in [0.717, 1.165) is 0 Å². The summed E-state index contributed by atoms with van der Waals surface area (Å²) in [5, 5.41) is 0. The molecule has 0 saturated heterocycles. The van der Waals surface area contributed by atoms with Gasteiger partial charge in [0.15, 0.2) is 0 Å². The summed E-state index contributed by atoms with van der Waals surface area (Å²) in [6, 6.07) is 0. The summed E-state index contributed by atoms with van der Waals surface area (Å²) in [6.45, 7) is 36.9. The average Bonchev–Trinajstić information content (AvgIpc) is 2.00. The Balaban J connectivity index is 3.82. The standard InChI is InChI=1S/C62H126O40/c1-43(64-22)24-65-85-45(3)26-67-87-47(5)28-69-89-49(7)30-71-91-51(9)32-73-93-53(11)34-75-95-55(13)36-77-97-57(15)38-79-99-59(17)40-81-101-61(19)42-83-102-62(20)41-82-100-60(18)39-80-98-58(16)37-78-96-56(14)35-76-94-54(12)33-74-92-52(10)31-72-90-50(8)29-70-88-48(6)27-68-86-46(4)25-66-84-44(2)23-63-21/h43-62H,23-42H2,1-22H3. The molecule has 0 aliphatic heterocycles. The van der Waals surface area contributed by atoms with Gasteiger partial charge in [-0.05, 0) is 138 Å². The highest BCUT2D eigenvalue weighted by molar-refractivity contribution is 4.53. The molecule has 0 radical (unpaired) electrons. The number of methoxy groups -OCH3 is 2. The maximum atomic E-state index is 5.31. The van der Waals surface area contributed by atoms with E-state index in [1.807, 2.05) is 13.8 Å². The smallest absolute Gasteiger partial charge is 0.117 e. The summed E-state index contributed by atoms with van der Waals surface area (Å²) >= 11 is 0. The van der Waals surface area contributed by atoms with Crippen molar-refractivity contribution in [1.29, 1.82) is 0 Å². The van der Waals surface area contributed by atoms with Crippen molar-refractivity contribution in [2.24, 2.45) is 0 Å². The quantitative estimate of drug-likeness (QED) is 0.0434. The fourth-order valence-corrected chi connectivity index (χ4v) is 5.60. The second-order valence-corrected chi connectivity index (χ2v) is 24.1. The van der Waals surface area contributed by atoms with Crippen LogP contribution in [0.25, 0.3) is 0 Å². The van der Waals surface area contributed by atoms with E-state index in [-0.39, 0.29) is 143 Å². The molecule has 0 aromatic carbocycles. The molecule has 20 atom stereocenters. The highest BCUT2D eigenvalue weighted by Crippen LogP contribution is 2.10. The van der Waals surface area contributed by atoms with Crippen LogP contribution in [-0.2, 0) is 195 Å². The summed E-state index contributed by atoms with van der Waals surface area (Å²) in [4.78, 5) is 199. The maximum Gasteiger partial charge on any atom is 0.117 e. The first-order valence-corrected chi connectivity index (χ1v) is 34.2. The van der Waals surface area contributed by atoms with Crippen LogP contribution in [-0.4, -0.2) is 268 Å². The zero-order chi connectivity index (χ0) is 76.0. The van der Waals surface area contributed by atoms with Crippen LogP contribution >= 0.6 is 0 Å². The normalized spacial score (nSPS) is 18.3. The zero-order valence-electron chi connectivity index (χ0n) is 64.0. The fourth-order valence-electron chi connectivity index (χ4n) is 5.60. The molecule has 0 aromatic rings. The lowest BCUT2D eigenvalue weighted by atomic mass is 10.4. The Morgan fingerprint density at radius 3 is 0.275 bits per heavy atom. The first-order valence-electron chi connectivity index (χ1n) is 34.2. The monoisotopic (exact) mass is 1510 g/mol. The van der Waals surface area contributed by atoms with E-state index in [1.165, 1.54) is 0 Å². The third kappa shape index (κ3) is 67.7. The summed E-state index contributed by atoms with van der Waals surface area (Å²) < 4.78 is 10.1. The molecular formula is C62H126O40. The van der Waals surface area contributed by atoms with Gasteiger partial charge in [-0.1, -0.05) is 0 Å². The second kappa shape index (κ2) is 68.7. The van der Waals surface area contributed by atoms with Gasteiger partial charge in [-0.3, -0.25) is 0 Å². The molecule has 0 N–H and O–H groups in total. The van der Waals surface area contributed by atoms with Gasteiger partial charge < -0.3 is 9.47 Å². The summed E-state index contributed by atoms with van der Waals surface area (Å²) in [7, 11) is 3.17. The van der Waals surface area contributed by atoms with E-state index in [9.17, 15) is 0 Å². The molecule has 40 nitrogen and oxygen atoms in total. The van der Waals surface area contributed by atoms with E-state index in [1.54, 1.807) is 139 Å². The molecule has 0 rings (SSSR count). The molecule has 0 bridgehead atoms. The van der Waals surface area contributed by atoms with Gasteiger partial charge in [-0.15, -0.1) is 0 Å². The minimum Gasteiger partial charge on any atom is -0.382 e. The molecule has 102 heavy (non-hydrogen) atoms. The Morgan fingerprint density at radius 1 is 0.118 bits per heavy atom. The van der Waals surface area contributed by atoms with Gasteiger partial charge in [0, 0.05) is 14.2 Å². The van der Waals surface area contributed by atoms with Crippen molar-refractivity contribution in [3.63, 3.8) is 0 Å². The van der Waals surface area contributed by atoms with Gasteiger partial charge in [0.05, 0.1) is 12.7 Å². The van der Waals surface area contributed by atoms with Crippen molar-refractivity contribution in [1.82, 2.24) is 0 Å². The van der Waals surface area contributed by atoms with Crippen LogP contribution in [0, 0.1) is 0 Å². The molecule has 40 heteroatoms. The number of ether oxygens (including phenoxy) is 2. The predicted octanol–water partition coefficient (Wildman–Crippen LogP) is 7.07. The van der Waals surface area contributed by atoms with Crippen LogP contribution in [0.1, 0.15) is 138 Å². The van der Waals surface area contributed by atoms with Crippen molar-refractivity contribution in [2.45, 2.75) is 261 Å². The minimum atomic E-state index is -0.497. The van der Waals surface area contributed by atoms with E-state index >= 15 is 0 Å². The molecule has 0 spiro atoms. The van der Waals surface area contributed by atoms with Crippen molar-refractivity contribution in [3.8, 4) is 0 Å². The second-order valence-electron chi connectivity index (χ2n) is 24.1. The number of hydrogen-bond acceptors (Lipinski definition) is 40. The van der Waals surface area contributed by atoms with E-state index < -0.39 is 97.7 Å². The van der Waals surface area contributed by atoms with Gasteiger partial charge in [-0.25, -0.2) is 186 Å². The molecule has 0 heterocycles. The van der Waals surface area contributed by atoms with Gasteiger partial charge in [-0.2, -0.15) is 0 Å². The van der Waals surface area contributed by atoms with Crippen molar-refractivity contribution in [3.05, 3.63) is 0 Å². The molecule has 0 aromatic heterocycles. The van der Waals surface area contributed by atoms with Gasteiger partial charge in [0.2, 0.25) is 0 Å². The highest BCUT2D eigenvalue weighted by atomic mass is 17.3. The Bertz CT molecular complexity index is 1760. The topological polar surface area (TPSA) is 369 Å². The van der Waals surface area contributed by atoms with E-state index in [2.05, 4.69) is 0 Å². The molecule has 0 saturated carbocycles. The zero-order valence-corrected chi connectivity index (χ0v) is 64.0. The molecule has 614 valence electrons. The first kappa shape index (κ1) is 100. The molecular weight excluding hydrogens is 1380 g/mol. The molecule has 0 amide bonds. The van der Waals surface area contributed by atoms with Crippen LogP contribution in [0.4, 0.5) is 0 Å². The summed E-state index contributed by atoms with van der Waals surface area (Å²) in [5.41, 5.74) is 0. The van der Waals surface area contributed by atoms with E-state index in [4.69, 9.17) is 195 Å². The SMILES string of the molecule is COCC(C)OOCC(C)OOCC(C)OOCC(C)OOCC(C)OOCC(C)OOCC(C)OOCC(C)OOCC(C)OOCC(C)OOCC(C)OOCC(C)OOCC(C)OOCC(C)OOCC(C)OOCC(C)OOCC(C)OOCC(C)OOCC(C)OOCC(C)OC. The molecule has 0 aliphatic carbocycles. The Kier molecular flexibility index (Phi) is 67.6. The minimum absolute atomic E-state index is 0.0460. The summed E-state index contributed by atoms with van der Waals surface area (Å²) in [5.74, 6) is 0. The fraction of sp³-hybridized carbons (Fsp3) is 1.00. The third-order valence-corrected chi connectivity index (χ3v) is 11.0.